The molecular formula is C15H19ClN2O4. The molecule has 1 N–H and O–H groups in total. The van der Waals surface area contributed by atoms with Crippen LogP contribution in [0, 0.1) is 0 Å². The zero-order chi connectivity index (χ0) is 15.4. The van der Waals surface area contributed by atoms with Crippen molar-refractivity contribution >= 4 is 17.5 Å². The number of hydrogen-bond donors (Lipinski definition) is 1. The lowest BCUT2D eigenvalue weighted by molar-refractivity contribution is 0.0857. The summed E-state index contributed by atoms with van der Waals surface area (Å²) < 4.78 is 16.4. The van der Waals surface area contributed by atoms with Gasteiger partial charge in [-0.2, -0.15) is 0 Å². The van der Waals surface area contributed by atoms with Crippen LogP contribution < -0.4 is 10.1 Å². The topological polar surface area (TPSA) is 69.7 Å². The molecule has 2 saturated heterocycles. The van der Waals surface area contributed by atoms with E-state index >= 15 is 0 Å². The van der Waals surface area contributed by atoms with Gasteiger partial charge in [0.05, 0.1) is 24.9 Å². The first-order valence-electron chi connectivity index (χ1n) is 7.52. The predicted octanol–water partition coefficient (Wildman–Crippen LogP) is 1.81. The molecular weight excluding hydrogens is 308 g/mol. The van der Waals surface area contributed by atoms with Crippen molar-refractivity contribution in [3.05, 3.63) is 22.8 Å². The van der Waals surface area contributed by atoms with E-state index in [1.807, 2.05) is 0 Å². The molecule has 2 atom stereocenters. The van der Waals surface area contributed by atoms with Crippen molar-refractivity contribution in [3.8, 4) is 5.88 Å². The Morgan fingerprint density at radius 1 is 1.45 bits per heavy atom. The van der Waals surface area contributed by atoms with Crippen molar-refractivity contribution in [2.45, 2.75) is 31.5 Å². The second kappa shape index (κ2) is 7.26. The van der Waals surface area contributed by atoms with Crippen LogP contribution in [-0.4, -0.2) is 49.5 Å². The Balaban J connectivity index is 1.56. The summed E-state index contributed by atoms with van der Waals surface area (Å²) in [4.78, 5) is 16.2. The first-order chi connectivity index (χ1) is 10.7. The van der Waals surface area contributed by atoms with Crippen LogP contribution >= 0.6 is 11.6 Å². The fourth-order valence-electron chi connectivity index (χ4n) is 2.51. The zero-order valence-corrected chi connectivity index (χ0v) is 13.0. The Labute approximate surface area is 134 Å². The normalized spacial score (nSPS) is 24.4. The monoisotopic (exact) mass is 326 g/mol. The quantitative estimate of drug-likeness (QED) is 0.893. The van der Waals surface area contributed by atoms with Gasteiger partial charge in [-0.3, -0.25) is 4.79 Å². The molecule has 0 bridgehead atoms. The third-order valence-corrected chi connectivity index (χ3v) is 4.02. The number of amides is 1. The lowest BCUT2D eigenvalue weighted by Gasteiger charge is -2.13. The van der Waals surface area contributed by atoms with Crippen LogP contribution in [-0.2, 0) is 9.47 Å². The molecule has 7 heteroatoms. The van der Waals surface area contributed by atoms with Gasteiger partial charge in [-0.05, 0) is 18.9 Å². The summed E-state index contributed by atoms with van der Waals surface area (Å²) in [6, 6.07) is 1.57. The zero-order valence-electron chi connectivity index (χ0n) is 12.2. The number of nitrogens with one attached hydrogen (secondary N) is 1. The molecule has 2 unspecified atom stereocenters. The Morgan fingerprint density at radius 3 is 3.05 bits per heavy atom. The molecule has 120 valence electrons. The molecule has 0 aromatic carbocycles. The summed E-state index contributed by atoms with van der Waals surface area (Å²) in [6.07, 6.45) is 4.41. The van der Waals surface area contributed by atoms with Gasteiger partial charge in [-0.15, -0.1) is 0 Å². The van der Waals surface area contributed by atoms with Gasteiger partial charge < -0.3 is 19.5 Å². The van der Waals surface area contributed by atoms with Gasteiger partial charge in [-0.25, -0.2) is 4.98 Å². The van der Waals surface area contributed by atoms with Crippen molar-refractivity contribution < 1.29 is 19.0 Å². The number of aromatic nitrogens is 1. The fraction of sp³-hybridized carbons (Fsp3) is 0.600. The van der Waals surface area contributed by atoms with E-state index in [9.17, 15) is 4.79 Å². The molecule has 0 saturated carbocycles. The van der Waals surface area contributed by atoms with E-state index in [0.29, 0.717) is 36.2 Å². The van der Waals surface area contributed by atoms with E-state index < -0.39 is 0 Å². The van der Waals surface area contributed by atoms with Crippen LogP contribution in [0.4, 0.5) is 0 Å². The molecule has 2 aliphatic rings. The molecule has 1 aromatic rings. The van der Waals surface area contributed by atoms with E-state index in [4.69, 9.17) is 25.8 Å². The number of carbonyl (C=O) groups excluding carboxylic acids is 1. The maximum atomic E-state index is 12.1. The van der Waals surface area contributed by atoms with Gasteiger partial charge in [0.1, 0.15) is 11.1 Å². The Kier molecular flexibility index (Phi) is 5.12. The number of hydrogen-bond acceptors (Lipinski definition) is 5. The summed E-state index contributed by atoms with van der Waals surface area (Å²) in [7, 11) is 0. The smallest absolute Gasteiger partial charge is 0.252 e. The number of carbonyl (C=O) groups is 1. The van der Waals surface area contributed by atoms with Crippen LogP contribution in [0.3, 0.4) is 0 Å². The fourth-order valence-corrected chi connectivity index (χ4v) is 2.72. The average Bonchev–Trinajstić information content (AvgIpc) is 3.20. The first-order valence-corrected chi connectivity index (χ1v) is 7.90. The highest BCUT2D eigenvalue weighted by atomic mass is 35.5. The van der Waals surface area contributed by atoms with Crippen LogP contribution in [0.25, 0.3) is 0 Å². The molecule has 1 aromatic heterocycles. The SMILES string of the molecule is O=C(NCC1CCCO1)c1cnc(OC2CCOC2)c(Cl)c1. The summed E-state index contributed by atoms with van der Waals surface area (Å²) in [5.74, 6) is 0.133. The molecule has 3 rings (SSSR count). The molecule has 1 amide bonds. The summed E-state index contributed by atoms with van der Waals surface area (Å²) in [5.41, 5.74) is 0.415. The van der Waals surface area contributed by atoms with Gasteiger partial charge in [-0.1, -0.05) is 11.6 Å². The van der Waals surface area contributed by atoms with Crippen molar-refractivity contribution in [2.75, 3.05) is 26.4 Å². The first kappa shape index (κ1) is 15.5. The van der Waals surface area contributed by atoms with Gasteiger partial charge in [0.25, 0.3) is 5.91 Å². The van der Waals surface area contributed by atoms with Crippen LogP contribution in [0.5, 0.6) is 5.88 Å². The Bertz CT molecular complexity index is 528. The minimum absolute atomic E-state index is 0.0239. The van der Waals surface area contributed by atoms with Crippen molar-refractivity contribution in [1.82, 2.24) is 10.3 Å². The molecule has 2 fully saturated rings. The lowest BCUT2D eigenvalue weighted by atomic mass is 10.2. The Morgan fingerprint density at radius 2 is 2.36 bits per heavy atom. The third-order valence-electron chi connectivity index (χ3n) is 3.75. The third kappa shape index (κ3) is 3.88. The minimum Gasteiger partial charge on any atom is -0.471 e. The second-order valence-electron chi connectivity index (χ2n) is 5.46. The highest BCUT2D eigenvalue weighted by molar-refractivity contribution is 6.32. The molecule has 22 heavy (non-hydrogen) atoms. The number of ether oxygens (including phenoxy) is 3. The van der Waals surface area contributed by atoms with Crippen LogP contribution in [0.1, 0.15) is 29.6 Å². The number of nitrogens with zero attached hydrogens (tertiary/aromatic N) is 1. The highest BCUT2D eigenvalue weighted by Crippen LogP contribution is 2.25. The lowest BCUT2D eigenvalue weighted by Crippen LogP contribution is -2.31. The number of rotatable bonds is 5. The van der Waals surface area contributed by atoms with Crippen molar-refractivity contribution in [3.63, 3.8) is 0 Å². The largest absolute Gasteiger partial charge is 0.471 e. The molecule has 3 heterocycles. The second-order valence-corrected chi connectivity index (χ2v) is 5.87. The maximum absolute atomic E-state index is 12.1. The maximum Gasteiger partial charge on any atom is 0.252 e. The molecule has 0 spiro atoms. The van der Waals surface area contributed by atoms with Crippen LogP contribution in [0.2, 0.25) is 5.02 Å². The molecule has 2 aliphatic heterocycles. The van der Waals surface area contributed by atoms with Crippen molar-refractivity contribution in [2.24, 2.45) is 0 Å². The summed E-state index contributed by atoms with van der Waals surface area (Å²) in [5, 5.41) is 3.17. The summed E-state index contributed by atoms with van der Waals surface area (Å²) in [6.45, 7) is 2.51. The van der Waals surface area contributed by atoms with Gasteiger partial charge in [0, 0.05) is 25.8 Å². The standard InChI is InChI=1S/C15H19ClN2O4/c16-13-6-10(14(19)17-8-11-2-1-4-21-11)7-18-15(13)22-12-3-5-20-9-12/h6-7,11-12H,1-5,8-9H2,(H,17,19). The van der Waals surface area contributed by atoms with E-state index in [-0.39, 0.29) is 18.1 Å². The van der Waals surface area contributed by atoms with Gasteiger partial charge >= 0.3 is 0 Å². The number of halogens is 1. The van der Waals surface area contributed by atoms with Crippen molar-refractivity contribution in [1.29, 1.82) is 0 Å². The van der Waals surface area contributed by atoms with E-state index in [0.717, 1.165) is 25.9 Å². The minimum atomic E-state index is -0.208. The number of pyridine rings is 1. The van der Waals surface area contributed by atoms with E-state index in [1.165, 1.54) is 6.20 Å². The highest BCUT2D eigenvalue weighted by Gasteiger charge is 2.20. The predicted molar refractivity (Wildman–Crippen MR) is 80.4 cm³/mol. The molecule has 0 aliphatic carbocycles. The summed E-state index contributed by atoms with van der Waals surface area (Å²) >= 11 is 6.15. The van der Waals surface area contributed by atoms with Gasteiger partial charge in [0.2, 0.25) is 5.88 Å². The molecule has 0 radical (unpaired) electrons. The average molecular weight is 327 g/mol. The Hall–Kier alpha value is -1.37. The van der Waals surface area contributed by atoms with E-state index in [1.54, 1.807) is 6.07 Å². The molecule has 6 nitrogen and oxygen atoms in total. The van der Waals surface area contributed by atoms with Gasteiger partial charge in [0.15, 0.2) is 0 Å². The van der Waals surface area contributed by atoms with Crippen LogP contribution in [0.15, 0.2) is 12.3 Å². The van der Waals surface area contributed by atoms with E-state index in [2.05, 4.69) is 10.3 Å².